The van der Waals surface area contributed by atoms with Crippen LogP contribution >= 0.6 is 0 Å². The van der Waals surface area contributed by atoms with E-state index in [0.717, 1.165) is 62.4 Å². The van der Waals surface area contributed by atoms with Crippen molar-refractivity contribution in [1.29, 1.82) is 0 Å². The Kier molecular flexibility index (Phi) is 6.57. The molecular formula is C23H32N6O. The summed E-state index contributed by atoms with van der Waals surface area (Å²) in [5.41, 5.74) is 2.37. The number of hydrogen-bond donors (Lipinski definition) is 2. The molecule has 7 nitrogen and oxygen atoms in total. The van der Waals surface area contributed by atoms with Gasteiger partial charge in [0, 0.05) is 52.0 Å². The molecule has 2 aliphatic rings. The van der Waals surface area contributed by atoms with Gasteiger partial charge in [0.05, 0.1) is 12.8 Å². The number of benzene rings is 1. The summed E-state index contributed by atoms with van der Waals surface area (Å²) in [6.45, 7) is 4.87. The largest absolute Gasteiger partial charge is 0.495 e. The highest BCUT2D eigenvalue weighted by atomic mass is 16.5. The van der Waals surface area contributed by atoms with Crippen molar-refractivity contribution in [2.45, 2.75) is 31.8 Å². The van der Waals surface area contributed by atoms with E-state index in [9.17, 15) is 0 Å². The van der Waals surface area contributed by atoms with E-state index >= 15 is 0 Å². The van der Waals surface area contributed by atoms with E-state index < -0.39 is 0 Å². The summed E-state index contributed by atoms with van der Waals surface area (Å²) in [6.07, 6.45) is 5.48. The van der Waals surface area contributed by atoms with Gasteiger partial charge in [0.25, 0.3) is 0 Å². The van der Waals surface area contributed by atoms with Gasteiger partial charge in [0.15, 0.2) is 5.96 Å². The van der Waals surface area contributed by atoms with Gasteiger partial charge in [-0.3, -0.25) is 4.99 Å². The Morgan fingerprint density at radius 1 is 1.17 bits per heavy atom. The Morgan fingerprint density at radius 2 is 2.00 bits per heavy atom. The fraction of sp³-hybridized carbons (Fsp3) is 0.478. The maximum Gasteiger partial charge on any atom is 0.191 e. The molecule has 0 amide bonds. The molecule has 2 aliphatic heterocycles. The lowest BCUT2D eigenvalue weighted by Gasteiger charge is -2.22. The summed E-state index contributed by atoms with van der Waals surface area (Å²) in [5, 5.41) is 7.03. The van der Waals surface area contributed by atoms with Crippen LogP contribution in [0.5, 0.6) is 5.75 Å². The number of aliphatic imine (C=N–C) groups is 1. The van der Waals surface area contributed by atoms with Crippen LogP contribution in [-0.4, -0.2) is 57.3 Å². The highest BCUT2D eigenvalue weighted by molar-refractivity contribution is 5.80. The van der Waals surface area contributed by atoms with Crippen LogP contribution in [-0.2, 0) is 6.54 Å². The molecule has 30 heavy (non-hydrogen) atoms. The van der Waals surface area contributed by atoms with E-state index in [2.05, 4.69) is 54.7 Å². The van der Waals surface area contributed by atoms with Crippen molar-refractivity contribution in [1.82, 2.24) is 15.6 Å². The summed E-state index contributed by atoms with van der Waals surface area (Å²) in [7, 11) is 3.55. The summed E-state index contributed by atoms with van der Waals surface area (Å²) in [4.78, 5) is 13.7. The zero-order chi connectivity index (χ0) is 20.8. The average Bonchev–Trinajstić information content (AvgIpc) is 3.49. The fourth-order valence-corrected chi connectivity index (χ4v) is 4.25. The molecule has 1 unspecified atom stereocenters. The minimum Gasteiger partial charge on any atom is -0.495 e. The molecular weight excluding hydrogens is 376 g/mol. The van der Waals surface area contributed by atoms with Crippen LogP contribution in [0, 0.1) is 0 Å². The monoisotopic (exact) mass is 408 g/mol. The van der Waals surface area contributed by atoms with Gasteiger partial charge in [-0.15, -0.1) is 0 Å². The smallest absolute Gasteiger partial charge is 0.191 e. The van der Waals surface area contributed by atoms with Crippen molar-refractivity contribution in [3.05, 3.63) is 48.2 Å². The Labute approximate surface area is 179 Å². The molecule has 2 saturated heterocycles. The van der Waals surface area contributed by atoms with Gasteiger partial charge < -0.3 is 25.2 Å². The molecule has 4 rings (SSSR count). The molecule has 0 radical (unpaired) electrons. The lowest BCUT2D eigenvalue weighted by atomic mass is 10.2. The van der Waals surface area contributed by atoms with E-state index in [0.29, 0.717) is 6.04 Å². The number of nitrogens with one attached hydrogen (secondary N) is 2. The van der Waals surface area contributed by atoms with Gasteiger partial charge in [-0.25, -0.2) is 4.98 Å². The third-order valence-electron chi connectivity index (χ3n) is 5.88. The molecule has 2 N–H and O–H groups in total. The minimum atomic E-state index is 0.346. The second kappa shape index (κ2) is 9.69. The average molecular weight is 409 g/mol. The SMILES string of the molecule is CN=C(NCc1ccnc(N2CCCC2)c1)NC1CCN(c2ccccc2OC)C1. The third-order valence-corrected chi connectivity index (χ3v) is 5.88. The number of rotatable bonds is 6. The van der Waals surface area contributed by atoms with Crippen molar-refractivity contribution < 1.29 is 4.74 Å². The molecule has 1 atom stereocenters. The quantitative estimate of drug-likeness (QED) is 0.566. The number of aromatic nitrogens is 1. The molecule has 1 aromatic carbocycles. The number of anilines is 2. The van der Waals surface area contributed by atoms with Gasteiger partial charge >= 0.3 is 0 Å². The lowest BCUT2D eigenvalue weighted by molar-refractivity contribution is 0.415. The predicted octanol–water partition coefficient (Wildman–Crippen LogP) is 2.63. The Balaban J connectivity index is 1.31. The van der Waals surface area contributed by atoms with Gasteiger partial charge in [0.1, 0.15) is 11.6 Å². The zero-order valence-electron chi connectivity index (χ0n) is 18.0. The van der Waals surface area contributed by atoms with Crippen LogP contribution in [0.3, 0.4) is 0 Å². The van der Waals surface area contributed by atoms with Crippen molar-refractivity contribution >= 4 is 17.5 Å². The highest BCUT2D eigenvalue weighted by Crippen LogP contribution is 2.30. The number of hydrogen-bond acceptors (Lipinski definition) is 5. The van der Waals surface area contributed by atoms with Crippen LogP contribution in [0.4, 0.5) is 11.5 Å². The number of nitrogens with zero attached hydrogens (tertiary/aromatic N) is 4. The summed E-state index contributed by atoms with van der Waals surface area (Å²) < 4.78 is 5.52. The maximum absolute atomic E-state index is 5.52. The van der Waals surface area contributed by atoms with E-state index in [1.807, 2.05) is 25.4 Å². The molecule has 0 bridgehead atoms. The number of ether oxygens (including phenoxy) is 1. The van der Waals surface area contributed by atoms with Gasteiger partial charge in [0.2, 0.25) is 0 Å². The number of pyridine rings is 1. The lowest BCUT2D eigenvalue weighted by Crippen LogP contribution is -2.44. The first-order valence-electron chi connectivity index (χ1n) is 10.8. The van der Waals surface area contributed by atoms with Crippen LogP contribution in [0.2, 0.25) is 0 Å². The zero-order valence-corrected chi connectivity index (χ0v) is 18.0. The molecule has 1 aromatic heterocycles. The Morgan fingerprint density at radius 3 is 2.80 bits per heavy atom. The molecule has 160 valence electrons. The van der Waals surface area contributed by atoms with E-state index in [1.54, 1.807) is 7.11 Å². The first kappa shape index (κ1) is 20.3. The predicted molar refractivity (Wildman–Crippen MR) is 123 cm³/mol. The normalized spacial score (nSPS) is 19.3. The molecule has 0 aliphatic carbocycles. The number of methoxy groups -OCH3 is 1. The summed E-state index contributed by atoms with van der Waals surface area (Å²) >= 11 is 0. The summed E-state index contributed by atoms with van der Waals surface area (Å²) in [5.74, 6) is 2.84. The second-order valence-corrected chi connectivity index (χ2v) is 7.89. The van der Waals surface area contributed by atoms with Gasteiger partial charge in [-0.2, -0.15) is 0 Å². The third kappa shape index (κ3) is 4.78. The van der Waals surface area contributed by atoms with Gasteiger partial charge in [-0.05, 0) is 49.1 Å². The van der Waals surface area contributed by atoms with E-state index in [4.69, 9.17) is 4.74 Å². The Bertz CT molecular complexity index is 864. The topological polar surface area (TPSA) is 65.0 Å². The van der Waals surface area contributed by atoms with Crippen LogP contribution in [0.1, 0.15) is 24.8 Å². The molecule has 3 heterocycles. The first-order valence-corrected chi connectivity index (χ1v) is 10.8. The number of para-hydroxylation sites is 2. The van der Waals surface area contributed by atoms with E-state index in [-0.39, 0.29) is 0 Å². The molecule has 0 saturated carbocycles. The first-order chi connectivity index (χ1) is 14.8. The minimum absolute atomic E-state index is 0.346. The van der Waals surface area contributed by atoms with Crippen molar-refractivity contribution in [2.75, 3.05) is 50.1 Å². The molecule has 0 spiro atoms. The van der Waals surface area contributed by atoms with Crippen molar-refractivity contribution in [3.63, 3.8) is 0 Å². The molecule has 2 fully saturated rings. The highest BCUT2D eigenvalue weighted by Gasteiger charge is 2.25. The van der Waals surface area contributed by atoms with E-state index in [1.165, 1.54) is 18.4 Å². The fourth-order valence-electron chi connectivity index (χ4n) is 4.25. The standard InChI is InChI=1S/C23H32N6O/c1-24-23(26-16-18-9-11-25-22(15-18)28-12-5-6-13-28)27-19-10-14-29(17-19)20-7-3-4-8-21(20)30-2/h3-4,7-9,11,15,19H,5-6,10,12-14,16-17H2,1-2H3,(H2,24,26,27). The number of guanidine groups is 1. The second-order valence-electron chi connectivity index (χ2n) is 7.89. The van der Waals surface area contributed by atoms with Gasteiger partial charge in [-0.1, -0.05) is 12.1 Å². The summed E-state index contributed by atoms with van der Waals surface area (Å²) in [6, 6.07) is 12.8. The van der Waals surface area contributed by atoms with Crippen LogP contribution < -0.4 is 25.2 Å². The van der Waals surface area contributed by atoms with Crippen LogP contribution in [0.15, 0.2) is 47.6 Å². The molecule has 2 aromatic rings. The van der Waals surface area contributed by atoms with Crippen molar-refractivity contribution in [2.24, 2.45) is 4.99 Å². The Hall–Kier alpha value is -2.96. The van der Waals surface area contributed by atoms with Crippen LogP contribution in [0.25, 0.3) is 0 Å². The molecule has 7 heteroatoms. The van der Waals surface area contributed by atoms with Crippen molar-refractivity contribution in [3.8, 4) is 5.75 Å². The maximum atomic E-state index is 5.52.